The second-order valence-electron chi connectivity index (χ2n) is 5.11. The van der Waals surface area contributed by atoms with Crippen LogP contribution < -0.4 is 14.2 Å². The van der Waals surface area contributed by atoms with Gasteiger partial charge in [0.05, 0.1) is 37.0 Å². The van der Waals surface area contributed by atoms with Crippen LogP contribution in [0.15, 0.2) is 30.9 Å². The zero-order valence-electron chi connectivity index (χ0n) is 13.8. The molecule has 0 fully saturated rings. The summed E-state index contributed by atoms with van der Waals surface area (Å²) < 4.78 is 18.0. The fourth-order valence-electron chi connectivity index (χ4n) is 2.28. The Labute approximate surface area is 156 Å². The van der Waals surface area contributed by atoms with Gasteiger partial charge in [-0.3, -0.25) is 9.48 Å². The highest BCUT2D eigenvalue weighted by Crippen LogP contribution is 2.35. The summed E-state index contributed by atoms with van der Waals surface area (Å²) in [4.78, 5) is 19.1. The molecular weight excluding hydrogens is 408 g/mol. The number of carboxylic acids is 1. The predicted molar refractivity (Wildman–Crippen MR) is 95.3 cm³/mol. The summed E-state index contributed by atoms with van der Waals surface area (Å²) >= 11 is 3.31. The van der Waals surface area contributed by atoms with Gasteiger partial charge in [-0.1, -0.05) is 15.9 Å². The van der Waals surface area contributed by atoms with E-state index in [2.05, 4.69) is 31.0 Å². The number of aromatic nitrogens is 4. The SMILES string of the molecule is COc1cc2c(Oc3cnn(CC(=O)O)c3)ncnc2cc1OCCBr. The van der Waals surface area contributed by atoms with Crippen LogP contribution in [0.25, 0.3) is 10.9 Å². The third kappa shape index (κ3) is 4.02. The molecule has 0 bridgehead atoms. The van der Waals surface area contributed by atoms with Crippen molar-refractivity contribution < 1.29 is 24.1 Å². The lowest BCUT2D eigenvalue weighted by Gasteiger charge is -2.12. The van der Waals surface area contributed by atoms with E-state index in [1.165, 1.54) is 23.4 Å². The van der Waals surface area contributed by atoms with Crippen molar-refractivity contribution in [2.24, 2.45) is 0 Å². The fourth-order valence-corrected chi connectivity index (χ4v) is 2.44. The Kier molecular flexibility index (Phi) is 5.52. The Morgan fingerprint density at radius 1 is 1.31 bits per heavy atom. The van der Waals surface area contributed by atoms with Crippen molar-refractivity contribution in [3.8, 4) is 23.1 Å². The maximum atomic E-state index is 10.7. The lowest BCUT2D eigenvalue weighted by Crippen LogP contribution is -2.08. The molecule has 0 saturated carbocycles. The molecule has 2 aromatic heterocycles. The first kappa shape index (κ1) is 17.9. The number of aliphatic carboxylic acids is 1. The van der Waals surface area contributed by atoms with Crippen LogP contribution in [0.1, 0.15) is 0 Å². The van der Waals surface area contributed by atoms with E-state index in [0.29, 0.717) is 46.0 Å². The Balaban J connectivity index is 1.93. The maximum Gasteiger partial charge on any atom is 0.325 e. The highest BCUT2D eigenvalue weighted by molar-refractivity contribution is 9.09. The quantitative estimate of drug-likeness (QED) is 0.551. The number of nitrogens with zero attached hydrogens (tertiary/aromatic N) is 4. The summed E-state index contributed by atoms with van der Waals surface area (Å²) in [6.45, 7) is 0.231. The topological polar surface area (TPSA) is 109 Å². The van der Waals surface area contributed by atoms with Gasteiger partial charge in [0.25, 0.3) is 0 Å². The van der Waals surface area contributed by atoms with Crippen LogP contribution in [0.4, 0.5) is 0 Å². The molecule has 0 aliphatic rings. The average molecular weight is 423 g/mol. The van der Waals surface area contributed by atoms with Crippen LogP contribution in [-0.4, -0.2) is 49.9 Å². The summed E-state index contributed by atoms with van der Waals surface area (Å²) in [6.07, 6.45) is 4.27. The van der Waals surface area contributed by atoms with Crippen molar-refractivity contribution in [3.05, 3.63) is 30.9 Å². The van der Waals surface area contributed by atoms with Gasteiger partial charge in [0.15, 0.2) is 17.2 Å². The van der Waals surface area contributed by atoms with E-state index in [1.807, 2.05) is 0 Å². The van der Waals surface area contributed by atoms with Gasteiger partial charge >= 0.3 is 5.97 Å². The summed E-state index contributed by atoms with van der Waals surface area (Å²) in [7, 11) is 1.54. The number of carbonyl (C=O) groups is 1. The molecule has 0 aliphatic heterocycles. The molecule has 9 nitrogen and oxygen atoms in total. The number of hydrogen-bond donors (Lipinski definition) is 1. The third-order valence-corrected chi connectivity index (χ3v) is 3.66. The van der Waals surface area contributed by atoms with Gasteiger partial charge in [0.2, 0.25) is 5.88 Å². The molecule has 0 spiro atoms. The minimum absolute atomic E-state index is 0.254. The summed E-state index contributed by atoms with van der Waals surface area (Å²) in [5.41, 5.74) is 0.623. The smallest absolute Gasteiger partial charge is 0.325 e. The first-order valence-corrected chi connectivity index (χ1v) is 8.66. The van der Waals surface area contributed by atoms with E-state index in [-0.39, 0.29) is 6.54 Å². The fraction of sp³-hybridized carbons (Fsp3) is 0.250. The zero-order valence-corrected chi connectivity index (χ0v) is 15.3. The number of benzene rings is 1. The molecule has 26 heavy (non-hydrogen) atoms. The molecule has 1 aromatic carbocycles. The third-order valence-electron chi connectivity index (χ3n) is 3.34. The Hall–Kier alpha value is -2.88. The van der Waals surface area contributed by atoms with Crippen LogP contribution in [0.3, 0.4) is 0 Å². The molecule has 0 atom stereocenters. The summed E-state index contributed by atoms with van der Waals surface area (Å²) in [6, 6.07) is 3.48. The predicted octanol–water partition coefficient (Wildman–Crippen LogP) is 2.49. The molecule has 0 unspecified atom stereocenters. The number of methoxy groups -OCH3 is 1. The van der Waals surface area contributed by atoms with Gasteiger partial charge < -0.3 is 19.3 Å². The van der Waals surface area contributed by atoms with Crippen LogP contribution in [0.2, 0.25) is 0 Å². The molecule has 0 amide bonds. The molecule has 0 aliphatic carbocycles. The number of fused-ring (bicyclic) bond motifs is 1. The van der Waals surface area contributed by atoms with Gasteiger partial charge in [-0.2, -0.15) is 5.10 Å². The Morgan fingerprint density at radius 2 is 2.15 bits per heavy atom. The minimum Gasteiger partial charge on any atom is -0.493 e. The first-order chi connectivity index (χ1) is 12.6. The van der Waals surface area contributed by atoms with E-state index in [1.54, 1.807) is 19.2 Å². The summed E-state index contributed by atoms with van der Waals surface area (Å²) in [5, 5.41) is 14.0. The van der Waals surface area contributed by atoms with Crippen LogP contribution in [-0.2, 0) is 11.3 Å². The number of alkyl halides is 1. The van der Waals surface area contributed by atoms with Crippen molar-refractivity contribution in [3.63, 3.8) is 0 Å². The molecular formula is C16H15BrN4O5. The van der Waals surface area contributed by atoms with E-state index in [9.17, 15) is 4.79 Å². The highest BCUT2D eigenvalue weighted by atomic mass is 79.9. The van der Waals surface area contributed by atoms with Crippen molar-refractivity contribution in [1.29, 1.82) is 0 Å². The van der Waals surface area contributed by atoms with Gasteiger partial charge in [-0.15, -0.1) is 0 Å². The largest absolute Gasteiger partial charge is 0.493 e. The van der Waals surface area contributed by atoms with Gasteiger partial charge in [-0.05, 0) is 6.07 Å². The van der Waals surface area contributed by atoms with Crippen molar-refractivity contribution in [1.82, 2.24) is 19.7 Å². The second kappa shape index (κ2) is 8.00. The molecule has 0 radical (unpaired) electrons. The molecule has 136 valence electrons. The molecule has 1 N–H and O–H groups in total. The zero-order chi connectivity index (χ0) is 18.5. The van der Waals surface area contributed by atoms with Gasteiger partial charge in [-0.25, -0.2) is 9.97 Å². The van der Waals surface area contributed by atoms with Gasteiger partial charge in [0.1, 0.15) is 12.9 Å². The first-order valence-electron chi connectivity index (χ1n) is 7.54. The van der Waals surface area contributed by atoms with Crippen LogP contribution in [0, 0.1) is 0 Å². The van der Waals surface area contributed by atoms with Crippen molar-refractivity contribution >= 4 is 32.8 Å². The van der Waals surface area contributed by atoms with Crippen LogP contribution in [0.5, 0.6) is 23.1 Å². The standard InChI is InChI=1S/C16H15BrN4O5/c1-24-13-4-11-12(5-14(13)25-3-2-17)18-9-19-16(11)26-10-6-20-21(7-10)8-15(22)23/h4-7,9H,2-3,8H2,1H3,(H,22,23). The lowest BCUT2D eigenvalue weighted by atomic mass is 10.2. The molecule has 2 heterocycles. The normalized spacial score (nSPS) is 10.7. The number of hydrogen-bond acceptors (Lipinski definition) is 7. The van der Waals surface area contributed by atoms with Crippen molar-refractivity contribution in [2.45, 2.75) is 6.54 Å². The molecule has 0 saturated heterocycles. The number of ether oxygens (including phenoxy) is 3. The lowest BCUT2D eigenvalue weighted by molar-refractivity contribution is -0.137. The number of rotatable bonds is 8. The molecule has 3 aromatic rings. The molecule has 10 heteroatoms. The second-order valence-corrected chi connectivity index (χ2v) is 5.90. The van der Waals surface area contributed by atoms with E-state index >= 15 is 0 Å². The van der Waals surface area contributed by atoms with Crippen LogP contribution >= 0.6 is 15.9 Å². The highest BCUT2D eigenvalue weighted by Gasteiger charge is 2.14. The Bertz CT molecular complexity index is 930. The van der Waals surface area contributed by atoms with Crippen molar-refractivity contribution in [2.75, 3.05) is 19.0 Å². The van der Waals surface area contributed by atoms with E-state index < -0.39 is 5.97 Å². The maximum absolute atomic E-state index is 10.7. The average Bonchev–Trinajstić information content (AvgIpc) is 3.05. The van der Waals surface area contributed by atoms with Gasteiger partial charge in [0, 0.05) is 11.4 Å². The van der Waals surface area contributed by atoms with E-state index in [4.69, 9.17) is 19.3 Å². The van der Waals surface area contributed by atoms with E-state index in [0.717, 1.165) is 0 Å². The minimum atomic E-state index is -0.993. The monoisotopic (exact) mass is 422 g/mol. The Morgan fingerprint density at radius 3 is 2.88 bits per heavy atom. The molecule has 3 rings (SSSR count). The number of carboxylic acid groups (broad SMARTS) is 1. The number of halogens is 1. The summed E-state index contributed by atoms with van der Waals surface area (Å²) in [5.74, 6) is 0.769.